The Morgan fingerprint density at radius 2 is 2.06 bits per heavy atom. The SMILES string of the molecule is CCOC(=O)[C@H](C)CNCc1ccccc1. The highest BCUT2D eigenvalue weighted by molar-refractivity contribution is 5.72. The summed E-state index contributed by atoms with van der Waals surface area (Å²) in [5.74, 6) is -0.230. The molecule has 0 aliphatic heterocycles. The molecule has 1 N–H and O–H groups in total. The Kier molecular flexibility index (Phi) is 5.57. The highest BCUT2D eigenvalue weighted by Crippen LogP contribution is 2.00. The fourth-order valence-corrected chi connectivity index (χ4v) is 1.40. The first-order valence-corrected chi connectivity index (χ1v) is 5.65. The lowest BCUT2D eigenvalue weighted by Gasteiger charge is -2.11. The van der Waals surface area contributed by atoms with Crippen molar-refractivity contribution in [2.24, 2.45) is 5.92 Å². The van der Waals surface area contributed by atoms with E-state index in [1.165, 1.54) is 5.56 Å². The zero-order valence-corrected chi connectivity index (χ0v) is 9.90. The summed E-state index contributed by atoms with van der Waals surface area (Å²) < 4.78 is 4.93. The quantitative estimate of drug-likeness (QED) is 0.746. The van der Waals surface area contributed by atoms with E-state index in [-0.39, 0.29) is 11.9 Å². The molecule has 1 aromatic carbocycles. The van der Waals surface area contributed by atoms with E-state index in [1.807, 2.05) is 32.0 Å². The predicted molar refractivity (Wildman–Crippen MR) is 63.9 cm³/mol. The third-order valence-corrected chi connectivity index (χ3v) is 2.31. The molecule has 0 saturated heterocycles. The molecule has 16 heavy (non-hydrogen) atoms. The number of carbonyl (C=O) groups excluding carboxylic acids is 1. The average Bonchev–Trinajstić information content (AvgIpc) is 2.30. The van der Waals surface area contributed by atoms with Gasteiger partial charge in [-0.15, -0.1) is 0 Å². The molecule has 0 saturated carbocycles. The maximum absolute atomic E-state index is 11.3. The van der Waals surface area contributed by atoms with Crippen LogP contribution < -0.4 is 5.32 Å². The zero-order chi connectivity index (χ0) is 11.8. The van der Waals surface area contributed by atoms with Crippen LogP contribution in [0.4, 0.5) is 0 Å². The predicted octanol–water partition coefficient (Wildman–Crippen LogP) is 1.98. The summed E-state index contributed by atoms with van der Waals surface area (Å²) in [6.45, 7) is 5.57. The Morgan fingerprint density at radius 1 is 1.38 bits per heavy atom. The van der Waals surface area contributed by atoms with Gasteiger partial charge in [-0.1, -0.05) is 37.3 Å². The highest BCUT2D eigenvalue weighted by atomic mass is 16.5. The normalized spacial score (nSPS) is 12.1. The molecule has 0 amide bonds. The van der Waals surface area contributed by atoms with Gasteiger partial charge in [0, 0.05) is 13.1 Å². The number of nitrogens with one attached hydrogen (secondary N) is 1. The Hall–Kier alpha value is -1.35. The lowest BCUT2D eigenvalue weighted by Crippen LogP contribution is -2.27. The molecular formula is C13H19NO2. The summed E-state index contributed by atoms with van der Waals surface area (Å²) in [5, 5.41) is 3.24. The van der Waals surface area contributed by atoms with E-state index in [0.29, 0.717) is 13.2 Å². The number of carbonyl (C=O) groups is 1. The molecule has 0 unspecified atom stereocenters. The van der Waals surface area contributed by atoms with E-state index in [0.717, 1.165) is 6.54 Å². The second-order valence-corrected chi connectivity index (χ2v) is 3.77. The van der Waals surface area contributed by atoms with E-state index in [4.69, 9.17) is 4.74 Å². The van der Waals surface area contributed by atoms with Gasteiger partial charge >= 0.3 is 5.97 Å². The standard InChI is InChI=1S/C13H19NO2/c1-3-16-13(15)11(2)9-14-10-12-7-5-4-6-8-12/h4-8,11,14H,3,9-10H2,1-2H3/t11-/m1/s1. The lowest BCUT2D eigenvalue weighted by molar-refractivity contribution is -0.147. The van der Waals surface area contributed by atoms with Gasteiger partial charge in [0.15, 0.2) is 0 Å². The Balaban J connectivity index is 2.23. The Morgan fingerprint density at radius 3 is 2.69 bits per heavy atom. The van der Waals surface area contributed by atoms with Gasteiger partial charge in [0.1, 0.15) is 0 Å². The largest absolute Gasteiger partial charge is 0.466 e. The van der Waals surface area contributed by atoms with Gasteiger partial charge in [0.2, 0.25) is 0 Å². The number of hydrogen-bond acceptors (Lipinski definition) is 3. The maximum atomic E-state index is 11.3. The van der Waals surface area contributed by atoms with Crippen molar-refractivity contribution in [3.63, 3.8) is 0 Å². The fraction of sp³-hybridized carbons (Fsp3) is 0.462. The summed E-state index contributed by atoms with van der Waals surface area (Å²) in [6, 6.07) is 10.1. The van der Waals surface area contributed by atoms with Gasteiger partial charge < -0.3 is 10.1 Å². The molecule has 3 heteroatoms. The molecule has 0 spiro atoms. The molecule has 0 aliphatic rings. The van der Waals surface area contributed by atoms with Crippen LogP contribution in [0.5, 0.6) is 0 Å². The van der Waals surface area contributed by atoms with Crippen molar-refractivity contribution < 1.29 is 9.53 Å². The van der Waals surface area contributed by atoms with E-state index >= 15 is 0 Å². The number of hydrogen-bond donors (Lipinski definition) is 1. The van der Waals surface area contributed by atoms with Gasteiger partial charge in [0.25, 0.3) is 0 Å². The van der Waals surface area contributed by atoms with Crippen molar-refractivity contribution in [2.45, 2.75) is 20.4 Å². The fourth-order valence-electron chi connectivity index (χ4n) is 1.40. The number of rotatable bonds is 6. The minimum Gasteiger partial charge on any atom is -0.466 e. The van der Waals surface area contributed by atoms with Gasteiger partial charge in [-0.3, -0.25) is 4.79 Å². The molecule has 88 valence electrons. The second kappa shape index (κ2) is 7.01. The summed E-state index contributed by atoms with van der Waals surface area (Å²) >= 11 is 0. The smallest absolute Gasteiger partial charge is 0.309 e. The van der Waals surface area contributed by atoms with Crippen molar-refractivity contribution in [2.75, 3.05) is 13.2 Å². The first-order valence-electron chi connectivity index (χ1n) is 5.65. The molecule has 0 heterocycles. The zero-order valence-electron chi connectivity index (χ0n) is 9.90. The minimum atomic E-state index is -0.136. The number of benzene rings is 1. The van der Waals surface area contributed by atoms with Crippen molar-refractivity contribution in [1.29, 1.82) is 0 Å². The van der Waals surface area contributed by atoms with Crippen LogP contribution in [-0.2, 0) is 16.1 Å². The van der Waals surface area contributed by atoms with Crippen LogP contribution in [0.1, 0.15) is 19.4 Å². The summed E-state index contributed by atoms with van der Waals surface area (Å²) in [6.07, 6.45) is 0. The van der Waals surface area contributed by atoms with Crippen molar-refractivity contribution in [3.8, 4) is 0 Å². The van der Waals surface area contributed by atoms with Gasteiger partial charge in [-0.05, 0) is 12.5 Å². The van der Waals surface area contributed by atoms with Crippen LogP contribution in [0.2, 0.25) is 0 Å². The molecule has 3 nitrogen and oxygen atoms in total. The van der Waals surface area contributed by atoms with Crippen molar-refractivity contribution in [1.82, 2.24) is 5.32 Å². The maximum Gasteiger partial charge on any atom is 0.309 e. The van der Waals surface area contributed by atoms with E-state index in [2.05, 4.69) is 17.4 Å². The molecule has 0 fully saturated rings. The third kappa shape index (κ3) is 4.45. The van der Waals surface area contributed by atoms with E-state index in [1.54, 1.807) is 0 Å². The molecule has 1 rings (SSSR count). The minimum absolute atomic E-state index is 0.0938. The Bertz CT molecular complexity index is 311. The van der Waals surface area contributed by atoms with Gasteiger partial charge in [0.05, 0.1) is 12.5 Å². The molecule has 0 radical (unpaired) electrons. The molecule has 0 bridgehead atoms. The van der Waals surface area contributed by atoms with E-state index < -0.39 is 0 Å². The van der Waals surface area contributed by atoms with Crippen molar-refractivity contribution in [3.05, 3.63) is 35.9 Å². The van der Waals surface area contributed by atoms with Crippen LogP contribution in [0.15, 0.2) is 30.3 Å². The third-order valence-electron chi connectivity index (χ3n) is 2.31. The topological polar surface area (TPSA) is 38.3 Å². The summed E-state index contributed by atoms with van der Waals surface area (Å²) in [7, 11) is 0. The first-order chi connectivity index (χ1) is 7.74. The highest BCUT2D eigenvalue weighted by Gasteiger charge is 2.12. The van der Waals surface area contributed by atoms with Gasteiger partial charge in [-0.25, -0.2) is 0 Å². The van der Waals surface area contributed by atoms with Crippen LogP contribution in [0.25, 0.3) is 0 Å². The Labute approximate surface area is 96.8 Å². The molecule has 1 aromatic rings. The number of esters is 1. The van der Waals surface area contributed by atoms with E-state index in [9.17, 15) is 4.79 Å². The van der Waals surface area contributed by atoms with Crippen molar-refractivity contribution >= 4 is 5.97 Å². The average molecular weight is 221 g/mol. The first kappa shape index (κ1) is 12.7. The molecule has 0 aromatic heterocycles. The van der Waals surface area contributed by atoms with Crippen LogP contribution in [-0.4, -0.2) is 19.1 Å². The second-order valence-electron chi connectivity index (χ2n) is 3.77. The lowest BCUT2D eigenvalue weighted by atomic mass is 10.1. The van der Waals surface area contributed by atoms with Crippen LogP contribution in [0, 0.1) is 5.92 Å². The molecule has 0 aliphatic carbocycles. The molecular weight excluding hydrogens is 202 g/mol. The summed E-state index contributed by atoms with van der Waals surface area (Å²) in [5.41, 5.74) is 1.22. The summed E-state index contributed by atoms with van der Waals surface area (Å²) in [4.78, 5) is 11.3. The molecule has 1 atom stereocenters. The number of ether oxygens (including phenoxy) is 1. The monoisotopic (exact) mass is 221 g/mol. The van der Waals surface area contributed by atoms with Crippen LogP contribution >= 0.6 is 0 Å². The van der Waals surface area contributed by atoms with Crippen LogP contribution in [0.3, 0.4) is 0 Å². The van der Waals surface area contributed by atoms with Gasteiger partial charge in [-0.2, -0.15) is 0 Å².